The molecule has 4 heteroatoms. The van der Waals surface area contributed by atoms with E-state index >= 15 is 0 Å². The maximum absolute atomic E-state index is 11.2. The van der Waals surface area contributed by atoms with Crippen molar-refractivity contribution in [3.63, 3.8) is 0 Å². The van der Waals surface area contributed by atoms with Crippen molar-refractivity contribution in [1.29, 1.82) is 0 Å². The Kier molecular flexibility index (Phi) is 2.58. The van der Waals surface area contributed by atoms with Gasteiger partial charge in [0.2, 0.25) is 0 Å². The molecule has 2 aromatic rings. The van der Waals surface area contributed by atoms with E-state index in [-0.39, 0.29) is 12.4 Å². The van der Waals surface area contributed by atoms with Crippen LogP contribution >= 0.6 is 0 Å². The van der Waals surface area contributed by atoms with Crippen molar-refractivity contribution in [1.82, 2.24) is 9.97 Å². The van der Waals surface area contributed by atoms with Crippen LogP contribution < -0.4 is 0 Å². The third-order valence-electron chi connectivity index (χ3n) is 2.14. The number of aromatic nitrogens is 2. The summed E-state index contributed by atoms with van der Waals surface area (Å²) in [6, 6.07) is 5.58. The van der Waals surface area contributed by atoms with Crippen LogP contribution in [0.25, 0.3) is 11.0 Å². The van der Waals surface area contributed by atoms with Gasteiger partial charge in [-0.25, -0.2) is 0 Å². The molecule has 0 N–H and O–H groups in total. The van der Waals surface area contributed by atoms with Crippen molar-refractivity contribution in [3.05, 3.63) is 36.2 Å². The van der Waals surface area contributed by atoms with E-state index in [2.05, 4.69) is 14.7 Å². The lowest BCUT2D eigenvalue weighted by Gasteiger charge is -2.03. The molecule has 0 spiro atoms. The topological polar surface area (TPSA) is 52.1 Å². The lowest BCUT2D eigenvalue weighted by Crippen LogP contribution is -2.05. The number of esters is 1. The summed E-state index contributed by atoms with van der Waals surface area (Å²) in [6.45, 7) is 0. The maximum Gasteiger partial charge on any atom is 0.310 e. The summed E-state index contributed by atoms with van der Waals surface area (Å²) >= 11 is 0. The molecular formula is C11H10N2O2. The number of fused-ring (bicyclic) bond motifs is 1. The fourth-order valence-corrected chi connectivity index (χ4v) is 1.42. The SMILES string of the molecule is COC(=O)Cc1cccc2nccnc12. The smallest absolute Gasteiger partial charge is 0.310 e. The van der Waals surface area contributed by atoms with Crippen LogP contribution in [-0.2, 0) is 16.0 Å². The number of hydrogen-bond donors (Lipinski definition) is 0. The molecule has 0 fully saturated rings. The Morgan fingerprint density at radius 3 is 2.93 bits per heavy atom. The van der Waals surface area contributed by atoms with Crippen molar-refractivity contribution in [3.8, 4) is 0 Å². The zero-order valence-electron chi connectivity index (χ0n) is 8.30. The minimum absolute atomic E-state index is 0.229. The van der Waals surface area contributed by atoms with Crippen LogP contribution in [0.2, 0.25) is 0 Å². The van der Waals surface area contributed by atoms with Crippen molar-refractivity contribution in [2.75, 3.05) is 7.11 Å². The molecule has 0 aliphatic carbocycles. The van der Waals surface area contributed by atoms with E-state index < -0.39 is 0 Å². The van der Waals surface area contributed by atoms with Gasteiger partial charge in [0.15, 0.2) is 0 Å². The molecule has 0 bridgehead atoms. The summed E-state index contributed by atoms with van der Waals surface area (Å²) in [4.78, 5) is 19.5. The highest BCUT2D eigenvalue weighted by Gasteiger charge is 2.07. The van der Waals surface area contributed by atoms with Crippen LogP contribution in [0.3, 0.4) is 0 Å². The average Bonchev–Trinajstić information content (AvgIpc) is 2.29. The van der Waals surface area contributed by atoms with Gasteiger partial charge in [0, 0.05) is 12.4 Å². The highest BCUT2D eigenvalue weighted by molar-refractivity contribution is 5.83. The van der Waals surface area contributed by atoms with E-state index in [0.717, 1.165) is 16.6 Å². The first kappa shape index (κ1) is 9.58. The van der Waals surface area contributed by atoms with Gasteiger partial charge in [0.05, 0.1) is 24.6 Å². The number of carbonyl (C=O) groups excluding carboxylic acids is 1. The fraction of sp³-hybridized carbons (Fsp3) is 0.182. The Balaban J connectivity index is 2.46. The molecule has 15 heavy (non-hydrogen) atoms. The van der Waals surface area contributed by atoms with Gasteiger partial charge in [-0.3, -0.25) is 14.8 Å². The predicted octanol–water partition coefficient (Wildman–Crippen LogP) is 1.35. The van der Waals surface area contributed by atoms with Crippen molar-refractivity contribution < 1.29 is 9.53 Å². The molecule has 1 heterocycles. The predicted molar refractivity (Wildman–Crippen MR) is 55.3 cm³/mol. The summed E-state index contributed by atoms with van der Waals surface area (Å²) in [5.41, 5.74) is 2.39. The lowest BCUT2D eigenvalue weighted by atomic mass is 10.1. The van der Waals surface area contributed by atoms with Gasteiger partial charge in [-0.05, 0) is 11.6 Å². The zero-order chi connectivity index (χ0) is 10.7. The summed E-state index contributed by atoms with van der Waals surface area (Å²) in [6.07, 6.45) is 3.47. The molecule has 0 saturated heterocycles. The zero-order valence-corrected chi connectivity index (χ0v) is 8.30. The Morgan fingerprint density at radius 2 is 2.13 bits per heavy atom. The van der Waals surface area contributed by atoms with E-state index in [1.54, 1.807) is 12.4 Å². The van der Waals surface area contributed by atoms with Crippen LogP contribution in [0, 0.1) is 0 Å². The molecule has 0 aliphatic heterocycles. The Bertz CT molecular complexity index is 491. The molecule has 0 radical (unpaired) electrons. The highest BCUT2D eigenvalue weighted by atomic mass is 16.5. The summed E-state index contributed by atoms with van der Waals surface area (Å²) in [5, 5.41) is 0. The first-order valence-corrected chi connectivity index (χ1v) is 4.56. The van der Waals surface area contributed by atoms with Crippen LogP contribution in [0.4, 0.5) is 0 Å². The molecular weight excluding hydrogens is 192 g/mol. The second-order valence-corrected chi connectivity index (χ2v) is 3.09. The second-order valence-electron chi connectivity index (χ2n) is 3.09. The maximum atomic E-state index is 11.2. The van der Waals surface area contributed by atoms with Crippen LogP contribution in [0.15, 0.2) is 30.6 Å². The van der Waals surface area contributed by atoms with Gasteiger partial charge in [0.1, 0.15) is 0 Å². The second kappa shape index (κ2) is 4.04. The molecule has 0 atom stereocenters. The number of benzene rings is 1. The van der Waals surface area contributed by atoms with Crippen molar-refractivity contribution in [2.45, 2.75) is 6.42 Å². The van der Waals surface area contributed by atoms with Gasteiger partial charge < -0.3 is 4.74 Å². The van der Waals surface area contributed by atoms with Crippen LogP contribution in [0.1, 0.15) is 5.56 Å². The van der Waals surface area contributed by atoms with Crippen LogP contribution in [0.5, 0.6) is 0 Å². The number of nitrogens with zero attached hydrogens (tertiary/aromatic N) is 2. The highest BCUT2D eigenvalue weighted by Crippen LogP contribution is 2.14. The number of rotatable bonds is 2. The van der Waals surface area contributed by atoms with Gasteiger partial charge in [-0.1, -0.05) is 12.1 Å². The first-order chi connectivity index (χ1) is 7.31. The Hall–Kier alpha value is -1.97. The largest absolute Gasteiger partial charge is 0.469 e. The van der Waals surface area contributed by atoms with Gasteiger partial charge >= 0.3 is 5.97 Å². The van der Waals surface area contributed by atoms with Crippen molar-refractivity contribution in [2.24, 2.45) is 0 Å². The molecule has 0 amide bonds. The van der Waals surface area contributed by atoms with E-state index in [9.17, 15) is 4.79 Å². The molecule has 1 aromatic heterocycles. The Labute approximate surface area is 86.9 Å². The summed E-state index contributed by atoms with van der Waals surface area (Å²) < 4.78 is 4.62. The molecule has 0 aliphatic rings. The van der Waals surface area contributed by atoms with E-state index in [0.29, 0.717) is 0 Å². The number of methoxy groups -OCH3 is 1. The average molecular weight is 202 g/mol. The molecule has 76 valence electrons. The van der Waals surface area contributed by atoms with E-state index in [4.69, 9.17) is 0 Å². The number of ether oxygens (including phenoxy) is 1. The normalized spacial score (nSPS) is 10.2. The molecule has 0 unspecified atom stereocenters. The minimum Gasteiger partial charge on any atom is -0.469 e. The third-order valence-corrected chi connectivity index (χ3v) is 2.14. The van der Waals surface area contributed by atoms with Crippen LogP contribution in [-0.4, -0.2) is 23.0 Å². The molecule has 2 rings (SSSR count). The molecule has 4 nitrogen and oxygen atoms in total. The quantitative estimate of drug-likeness (QED) is 0.690. The number of carbonyl (C=O) groups is 1. The first-order valence-electron chi connectivity index (χ1n) is 4.56. The van der Waals surface area contributed by atoms with E-state index in [1.165, 1.54) is 7.11 Å². The summed E-state index contributed by atoms with van der Waals surface area (Å²) in [7, 11) is 1.37. The number of hydrogen-bond acceptors (Lipinski definition) is 4. The third kappa shape index (κ3) is 1.93. The van der Waals surface area contributed by atoms with Gasteiger partial charge in [0.25, 0.3) is 0 Å². The number of para-hydroxylation sites is 1. The Morgan fingerprint density at radius 1 is 1.33 bits per heavy atom. The molecule has 0 saturated carbocycles. The van der Waals surface area contributed by atoms with Gasteiger partial charge in [-0.15, -0.1) is 0 Å². The monoisotopic (exact) mass is 202 g/mol. The van der Waals surface area contributed by atoms with E-state index in [1.807, 2.05) is 18.2 Å². The lowest BCUT2D eigenvalue weighted by molar-refractivity contribution is -0.139. The summed E-state index contributed by atoms with van der Waals surface area (Å²) in [5.74, 6) is -0.270. The van der Waals surface area contributed by atoms with Crippen molar-refractivity contribution >= 4 is 17.0 Å². The minimum atomic E-state index is -0.270. The molecule has 1 aromatic carbocycles. The standard InChI is InChI=1S/C11H10N2O2/c1-15-10(14)7-8-3-2-4-9-11(8)13-6-5-12-9/h2-6H,7H2,1H3. The van der Waals surface area contributed by atoms with Gasteiger partial charge in [-0.2, -0.15) is 0 Å². The fourth-order valence-electron chi connectivity index (χ4n) is 1.42.